The highest BCUT2D eigenvalue weighted by molar-refractivity contribution is 5.95. The quantitative estimate of drug-likeness (QED) is 0.626. The minimum atomic E-state index is -0.439. The zero-order valence-corrected chi connectivity index (χ0v) is 13.6. The van der Waals surface area contributed by atoms with Gasteiger partial charge in [-0.25, -0.2) is 5.43 Å². The van der Waals surface area contributed by atoms with E-state index in [1.54, 1.807) is 32.4 Å². The number of phenols is 1. The van der Waals surface area contributed by atoms with Crippen molar-refractivity contribution < 1.29 is 24.1 Å². The van der Waals surface area contributed by atoms with Crippen LogP contribution < -0.4 is 19.6 Å². The van der Waals surface area contributed by atoms with Gasteiger partial charge in [-0.15, -0.1) is 0 Å². The number of rotatable bonds is 6. The van der Waals surface area contributed by atoms with Crippen molar-refractivity contribution in [3.8, 4) is 23.0 Å². The summed E-state index contributed by atoms with van der Waals surface area (Å²) in [6, 6.07) is 9.51. The van der Waals surface area contributed by atoms with Gasteiger partial charge in [0.2, 0.25) is 0 Å². The summed E-state index contributed by atoms with van der Waals surface area (Å²) in [7, 11) is 4.51. The van der Waals surface area contributed by atoms with Crippen LogP contribution in [-0.4, -0.2) is 38.6 Å². The number of nitrogens with zero attached hydrogens (tertiary/aromatic N) is 1. The zero-order chi connectivity index (χ0) is 17.5. The fourth-order valence-electron chi connectivity index (χ4n) is 1.98. The SMILES string of the molecule is COc1ccc(OC)c(/C=N/NC(=O)c2ccc(O)c(OC)c2)c1. The van der Waals surface area contributed by atoms with E-state index in [-0.39, 0.29) is 11.5 Å². The van der Waals surface area contributed by atoms with Gasteiger partial charge in [-0.1, -0.05) is 0 Å². The van der Waals surface area contributed by atoms with E-state index in [9.17, 15) is 9.90 Å². The van der Waals surface area contributed by atoms with Gasteiger partial charge in [-0.05, 0) is 36.4 Å². The Kier molecular flexibility index (Phi) is 5.62. The molecule has 0 bridgehead atoms. The molecule has 0 aliphatic rings. The summed E-state index contributed by atoms with van der Waals surface area (Å²) in [5, 5.41) is 13.5. The third kappa shape index (κ3) is 3.95. The smallest absolute Gasteiger partial charge is 0.271 e. The Labute approximate surface area is 139 Å². The van der Waals surface area contributed by atoms with Gasteiger partial charge < -0.3 is 19.3 Å². The minimum absolute atomic E-state index is 0.0429. The number of hydrogen-bond donors (Lipinski definition) is 2. The molecule has 0 saturated heterocycles. The van der Waals surface area contributed by atoms with Crippen LogP contribution in [0.25, 0.3) is 0 Å². The van der Waals surface area contributed by atoms with E-state index in [4.69, 9.17) is 14.2 Å². The van der Waals surface area contributed by atoms with Crippen LogP contribution >= 0.6 is 0 Å². The van der Waals surface area contributed by atoms with Crippen LogP contribution in [0.15, 0.2) is 41.5 Å². The molecule has 7 heteroatoms. The lowest BCUT2D eigenvalue weighted by Gasteiger charge is -2.07. The molecule has 2 aromatic carbocycles. The van der Waals surface area contributed by atoms with Gasteiger partial charge in [0.25, 0.3) is 5.91 Å². The predicted octanol–water partition coefficient (Wildman–Crippen LogP) is 2.18. The molecule has 7 nitrogen and oxygen atoms in total. The standard InChI is InChI=1S/C17H18N2O5/c1-22-13-5-7-15(23-2)12(8-13)10-18-19-17(21)11-4-6-14(20)16(9-11)24-3/h4-10,20H,1-3H3,(H,19,21)/b18-10+. The number of hydrogen-bond acceptors (Lipinski definition) is 6. The second-order valence-corrected chi connectivity index (χ2v) is 4.69. The Hall–Kier alpha value is -3.22. The maximum atomic E-state index is 12.1. The molecule has 0 aromatic heterocycles. The van der Waals surface area contributed by atoms with E-state index in [2.05, 4.69) is 10.5 Å². The Bertz CT molecular complexity index is 759. The average molecular weight is 330 g/mol. The highest BCUT2D eigenvalue weighted by atomic mass is 16.5. The first kappa shape index (κ1) is 17.1. The van der Waals surface area contributed by atoms with E-state index in [1.165, 1.54) is 31.5 Å². The summed E-state index contributed by atoms with van der Waals surface area (Å²) in [5.74, 6) is 0.970. The van der Waals surface area contributed by atoms with Gasteiger partial charge in [0.15, 0.2) is 11.5 Å². The lowest BCUT2D eigenvalue weighted by Crippen LogP contribution is -2.17. The molecule has 2 rings (SSSR count). The normalized spacial score (nSPS) is 10.5. The highest BCUT2D eigenvalue weighted by Gasteiger charge is 2.09. The van der Waals surface area contributed by atoms with E-state index in [0.717, 1.165) is 0 Å². The first-order valence-electron chi connectivity index (χ1n) is 7.01. The predicted molar refractivity (Wildman–Crippen MR) is 89.3 cm³/mol. The number of amides is 1. The van der Waals surface area contributed by atoms with Crippen molar-refractivity contribution in [2.24, 2.45) is 5.10 Å². The molecular formula is C17H18N2O5. The van der Waals surface area contributed by atoms with Gasteiger partial charge in [-0.3, -0.25) is 4.79 Å². The molecule has 0 atom stereocenters. The second kappa shape index (κ2) is 7.87. The fraction of sp³-hybridized carbons (Fsp3) is 0.176. The van der Waals surface area contributed by atoms with Crippen LogP contribution in [0.2, 0.25) is 0 Å². The van der Waals surface area contributed by atoms with Crippen LogP contribution in [0.1, 0.15) is 15.9 Å². The molecule has 1 amide bonds. The van der Waals surface area contributed by atoms with Gasteiger partial charge >= 0.3 is 0 Å². The number of phenolic OH excluding ortho intramolecular Hbond substituents is 1. The van der Waals surface area contributed by atoms with E-state index in [1.807, 2.05) is 0 Å². The van der Waals surface area contributed by atoms with Gasteiger partial charge in [0, 0.05) is 11.1 Å². The summed E-state index contributed by atoms with van der Waals surface area (Å²) < 4.78 is 15.3. The molecule has 24 heavy (non-hydrogen) atoms. The summed E-state index contributed by atoms with van der Waals surface area (Å²) in [4.78, 5) is 12.1. The van der Waals surface area contributed by atoms with Gasteiger partial charge in [-0.2, -0.15) is 5.10 Å². The summed E-state index contributed by atoms with van der Waals surface area (Å²) >= 11 is 0. The number of benzene rings is 2. The molecule has 2 N–H and O–H groups in total. The molecule has 0 heterocycles. The third-order valence-electron chi connectivity index (χ3n) is 3.25. The summed E-state index contributed by atoms with van der Waals surface area (Å²) in [6.07, 6.45) is 1.46. The number of carbonyl (C=O) groups is 1. The molecule has 0 fully saturated rings. The number of hydrazone groups is 1. The lowest BCUT2D eigenvalue weighted by molar-refractivity contribution is 0.0954. The first-order chi connectivity index (χ1) is 11.6. The van der Waals surface area contributed by atoms with Crippen molar-refractivity contribution in [3.05, 3.63) is 47.5 Å². The molecular weight excluding hydrogens is 312 g/mol. The van der Waals surface area contributed by atoms with Crippen molar-refractivity contribution in [1.82, 2.24) is 5.43 Å². The van der Waals surface area contributed by atoms with Crippen molar-refractivity contribution in [2.45, 2.75) is 0 Å². The molecule has 0 radical (unpaired) electrons. The van der Waals surface area contributed by atoms with Crippen molar-refractivity contribution in [1.29, 1.82) is 0 Å². The maximum absolute atomic E-state index is 12.1. The number of methoxy groups -OCH3 is 3. The molecule has 126 valence electrons. The van der Waals surface area contributed by atoms with Crippen LogP contribution in [-0.2, 0) is 0 Å². The zero-order valence-electron chi connectivity index (χ0n) is 13.6. The first-order valence-corrected chi connectivity index (χ1v) is 7.01. The highest BCUT2D eigenvalue weighted by Crippen LogP contribution is 2.26. The second-order valence-electron chi connectivity index (χ2n) is 4.69. The van der Waals surface area contributed by atoms with Crippen LogP contribution in [0.3, 0.4) is 0 Å². The topological polar surface area (TPSA) is 89.4 Å². The molecule has 0 aliphatic heterocycles. The third-order valence-corrected chi connectivity index (χ3v) is 3.25. The monoisotopic (exact) mass is 330 g/mol. The van der Waals surface area contributed by atoms with Crippen LogP contribution in [0.5, 0.6) is 23.0 Å². The Balaban J connectivity index is 2.12. The minimum Gasteiger partial charge on any atom is -0.504 e. The lowest BCUT2D eigenvalue weighted by atomic mass is 10.2. The largest absolute Gasteiger partial charge is 0.504 e. The maximum Gasteiger partial charge on any atom is 0.271 e. The van der Waals surface area contributed by atoms with E-state index in [0.29, 0.717) is 22.6 Å². The molecule has 2 aromatic rings. The Morgan fingerprint density at radius 2 is 1.79 bits per heavy atom. The Morgan fingerprint density at radius 1 is 1.04 bits per heavy atom. The van der Waals surface area contributed by atoms with Crippen molar-refractivity contribution in [3.63, 3.8) is 0 Å². The van der Waals surface area contributed by atoms with Gasteiger partial charge in [0.1, 0.15) is 11.5 Å². The molecule has 0 saturated carbocycles. The Morgan fingerprint density at radius 3 is 2.46 bits per heavy atom. The fourth-order valence-corrected chi connectivity index (χ4v) is 1.98. The van der Waals surface area contributed by atoms with Crippen molar-refractivity contribution in [2.75, 3.05) is 21.3 Å². The number of carbonyl (C=O) groups excluding carboxylic acids is 1. The van der Waals surface area contributed by atoms with Gasteiger partial charge in [0.05, 0.1) is 27.5 Å². The number of aromatic hydroxyl groups is 1. The number of nitrogens with one attached hydrogen (secondary N) is 1. The summed E-state index contributed by atoms with van der Waals surface area (Å²) in [5.41, 5.74) is 3.36. The molecule has 0 unspecified atom stereocenters. The van der Waals surface area contributed by atoms with E-state index >= 15 is 0 Å². The molecule has 0 aliphatic carbocycles. The summed E-state index contributed by atoms with van der Waals surface area (Å²) in [6.45, 7) is 0. The van der Waals surface area contributed by atoms with Crippen LogP contribution in [0.4, 0.5) is 0 Å². The van der Waals surface area contributed by atoms with Crippen LogP contribution in [0, 0.1) is 0 Å². The number of ether oxygens (including phenoxy) is 3. The van der Waals surface area contributed by atoms with Crippen molar-refractivity contribution >= 4 is 12.1 Å². The van der Waals surface area contributed by atoms with E-state index < -0.39 is 5.91 Å². The molecule has 0 spiro atoms. The average Bonchev–Trinajstić information content (AvgIpc) is 2.61.